The van der Waals surface area contributed by atoms with E-state index >= 15 is 0 Å². The summed E-state index contributed by atoms with van der Waals surface area (Å²) in [5, 5.41) is 3.60. The Morgan fingerprint density at radius 3 is 2.57 bits per heavy atom. The minimum absolute atomic E-state index is 0.117. The minimum atomic E-state index is -0.357. The second-order valence-electron chi connectivity index (χ2n) is 9.19. The topological polar surface area (TPSA) is 50.8 Å². The molecular weight excluding hydrogens is 376 g/mol. The zero-order valence-electron chi connectivity index (χ0n) is 17.5. The van der Waals surface area contributed by atoms with Crippen LogP contribution in [0.1, 0.15) is 58.9 Å². The van der Waals surface area contributed by atoms with Gasteiger partial charge in [0.1, 0.15) is 11.9 Å². The maximum atomic E-state index is 11.9. The van der Waals surface area contributed by atoms with E-state index in [-0.39, 0.29) is 23.8 Å². The summed E-state index contributed by atoms with van der Waals surface area (Å²) >= 11 is 6.47. The van der Waals surface area contributed by atoms with Crippen LogP contribution >= 0.6 is 11.6 Å². The van der Waals surface area contributed by atoms with Crippen molar-refractivity contribution in [1.82, 2.24) is 10.2 Å². The third-order valence-electron chi connectivity index (χ3n) is 5.49. The number of hydrogen-bond donors (Lipinski definition) is 1. The molecule has 28 heavy (non-hydrogen) atoms. The number of nitrogens with one attached hydrogen (secondary N) is 1. The maximum absolute atomic E-state index is 11.9. The highest BCUT2D eigenvalue weighted by Crippen LogP contribution is 2.36. The minimum Gasteiger partial charge on any atom is -0.490 e. The molecule has 3 rings (SSSR count). The monoisotopic (exact) mass is 408 g/mol. The molecule has 2 fully saturated rings. The van der Waals surface area contributed by atoms with Crippen molar-refractivity contribution in [2.75, 3.05) is 13.1 Å². The number of benzene rings is 1. The van der Waals surface area contributed by atoms with Crippen molar-refractivity contribution in [3.05, 3.63) is 28.8 Å². The predicted octanol–water partition coefficient (Wildman–Crippen LogP) is 5.01. The molecule has 0 aromatic heterocycles. The van der Waals surface area contributed by atoms with Crippen LogP contribution in [0, 0.1) is 5.92 Å². The molecule has 1 aromatic rings. The fourth-order valence-corrected chi connectivity index (χ4v) is 4.02. The molecule has 5 nitrogen and oxygen atoms in total. The standard InChI is InChI=1S/C22H33ClN2O3/c1-15(27-21(26)24-22(2,3)4)17-11-19(12-17)28-18-8-7-16(20(23)13-18)14-25-9-5-6-10-25/h7-8,13,15,17,19H,5-6,9-12,14H2,1-4H3,(H,24,26)/t15?,17-,19-. The molecule has 1 aromatic carbocycles. The van der Waals surface area contributed by atoms with Crippen molar-refractivity contribution >= 4 is 17.7 Å². The Kier molecular flexibility index (Phi) is 6.77. The molecule has 1 aliphatic carbocycles. The first-order valence-corrected chi connectivity index (χ1v) is 10.7. The van der Waals surface area contributed by atoms with Crippen LogP contribution in [-0.2, 0) is 11.3 Å². The quantitative estimate of drug-likeness (QED) is 0.719. The summed E-state index contributed by atoms with van der Waals surface area (Å²) in [7, 11) is 0. The normalized spacial score (nSPS) is 23.8. The molecule has 0 spiro atoms. The summed E-state index contributed by atoms with van der Waals surface area (Å²) in [6, 6.07) is 6.02. The van der Waals surface area contributed by atoms with Gasteiger partial charge in [-0.15, -0.1) is 0 Å². The Hall–Kier alpha value is -1.46. The third-order valence-corrected chi connectivity index (χ3v) is 5.84. The van der Waals surface area contributed by atoms with Crippen molar-refractivity contribution in [1.29, 1.82) is 0 Å². The van der Waals surface area contributed by atoms with Gasteiger partial charge >= 0.3 is 6.09 Å². The van der Waals surface area contributed by atoms with Gasteiger partial charge in [0.15, 0.2) is 0 Å². The van der Waals surface area contributed by atoms with E-state index < -0.39 is 0 Å². The van der Waals surface area contributed by atoms with Gasteiger partial charge < -0.3 is 14.8 Å². The molecule has 1 N–H and O–H groups in total. The maximum Gasteiger partial charge on any atom is 0.407 e. The zero-order chi connectivity index (χ0) is 20.3. The van der Waals surface area contributed by atoms with Crippen molar-refractivity contribution < 1.29 is 14.3 Å². The Bertz CT molecular complexity index is 677. The van der Waals surface area contributed by atoms with E-state index in [1.165, 1.54) is 12.8 Å². The first-order chi connectivity index (χ1) is 13.2. The van der Waals surface area contributed by atoms with E-state index in [4.69, 9.17) is 21.1 Å². The van der Waals surface area contributed by atoms with Crippen LogP contribution < -0.4 is 10.1 Å². The van der Waals surface area contributed by atoms with Crippen molar-refractivity contribution in [3.63, 3.8) is 0 Å². The summed E-state index contributed by atoms with van der Waals surface area (Å²) in [5.74, 6) is 1.15. The summed E-state index contributed by atoms with van der Waals surface area (Å²) in [6.07, 6.45) is 4.01. The zero-order valence-corrected chi connectivity index (χ0v) is 18.2. The fraction of sp³-hybridized carbons (Fsp3) is 0.682. The van der Waals surface area contributed by atoms with E-state index in [2.05, 4.69) is 16.3 Å². The Balaban J connectivity index is 1.42. The van der Waals surface area contributed by atoms with Gasteiger partial charge in [0.2, 0.25) is 0 Å². The lowest BCUT2D eigenvalue weighted by Crippen LogP contribution is -2.45. The van der Waals surface area contributed by atoms with Crippen molar-refractivity contribution in [3.8, 4) is 5.75 Å². The number of carbonyl (C=O) groups excluding carboxylic acids is 1. The van der Waals surface area contributed by atoms with Gasteiger partial charge in [-0.1, -0.05) is 17.7 Å². The molecule has 156 valence electrons. The summed E-state index contributed by atoms with van der Waals surface area (Å²) in [4.78, 5) is 14.3. The van der Waals surface area contributed by atoms with Crippen molar-refractivity contribution in [2.45, 2.75) is 77.7 Å². The van der Waals surface area contributed by atoms with Crippen LogP contribution in [0.2, 0.25) is 5.02 Å². The van der Waals surface area contributed by atoms with Crippen molar-refractivity contribution in [2.24, 2.45) is 5.92 Å². The Labute approximate surface area is 173 Å². The van der Waals surface area contributed by atoms with Gasteiger partial charge in [-0.05, 0) is 84.2 Å². The molecule has 0 bridgehead atoms. The van der Waals surface area contributed by atoms with Crippen LogP contribution in [0.25, 0.3) is 0 Å². The Morgan fingerprint density at radius 1 is 1.29 bits per heavy atom. The number of alkyl carbamates (subject to hydrolysis) is 1. The van der Waals surface area contributed by atoms with E-state index in [9.17, 15) is 4.79 Å². The van der Waals surface area contributed by atoms with E-state index in [0.29, 0.717) is 5.92 Å². The average Bonchev–Trinajstić information content (AvgIpc) is 3.04. The lowest BCUT2D eigenvalue weighted by molar-refractivity contribution is -0.0173. The second-order valence-corrected chi connectivity index (χ2v) is 9.60. The first kappa shape index (κ1) is 21.3. The van der Waals surface area contributed by atoms with Gasteiger partial charge in [0.05, 0.1) is 6.10 Å². The molecule has 1 amide bonds. The van der Waals surface area contributed by atoms with Gasteiger partial charge in [-0.3, -0.25) is 4.90 Å². The smallest absolute Gasteiger partial charge is 0.407 e. The molecule has 1 saturated carbocycles. The van der Waals surface area contributed by atoms with Gasteiger partial charge in [0.25, 0.3) is 0 Å². The van der Waals surface area contributed by atoms with Gasteiger partial charge in [-0.2, -0.15) is 0 Å². The molecule has 2 aliphatic rings. The number of rotatable bonds is 6. The molecule has 1 heterocycles. The van der Waals surface area contributed by atoms with Gasteiger partial charge in [0, 0.05) is 23.0 Å². The van der Waals surface area contributed by atoms with Crippen LogP contribution in [0.4, 0.5) is 4.79 Å². The Morgan fingerprint density at radius 2 is 1.96 bits per heavy atom. The fourth-order valence-electron chi connectivity index (χ4n) is 3.79. The summed E-state index contributed by atoms with van der Waals surface area (Å²) in [5.41, 5.74) is 0.872. The molecule has 1 saturated heterocycles. The number of carbonyl (C=O) groups is 1. The largest absolute Gasteiger partial charge is 0.490 e. The molecule has 6 heteroatoms. The summed E-state index contributed by atoms with van der Waals surface area (Å²) < 4.78 is 11.6. The molecule has 1 aliphatic heterocycles. The van der Waals surface area contributed by atoms with E-state index in [1.54, 1.807) is 0 Å². The molecule has 1 atom stereocenters. The van der Waals surface area contributed by atoms with Crippen LogP contribution in [-0.4, -0.2) is 41.8 Å². The van der Waals surface area contributed by atoms with Crippen LogP contribution in [0.5, 0.6) is 5.75 Å². The highest BCUT2D eigenvalue weighted by atomic mass is 35.5. The second kappa shape index (κ2) is 8.91. The van der Waals surface area contributed by atoms with E-state index in [0.717, 1.165) is 48.8 Å². The van der Waals surface area contributed by atoms with Crippen LogP contribution in [0.3, 0.4) is 0 Å². The third kappa shape index (κ3) is 6.02. The SMILES string of the molecule is CC(OC(=O)NC(C)(C)C)[C@H]1C[C@H](Oc2ccc(CN3CCCC3)c(Cl)c2)C1. The number of halogens is 1. The summed E-state index contributed by atoms with van der Waals surface area (Å²) in [6.45, 7) is 11.0. The lowest BCUT2D eigenvalue weighted by Gasteiger charge is -2.38. The highest BCUT2D eigenvalue weighted by molar-refractivity contribution is 6.31. The first-order valence-electron chi connectivity index (χ1n) is 10.4. The number of likely N-dealkylation sites (tertiary alicyclic amines) is 1. The lowest BCUT2D eigenvalue weighted by atomic mass is 9.79. The molecule has 1 unspecified atom stereocenters. The number of ether oxygens (including phenoxy) is 2. The average molecular weight is 409 g/mol. The molecule has 0 radical (unpaired) electrons. The number of nitrogens with zero attached hydrogens (tertiary/aromatic N) is 1. The number of hydrogen-bond acceptors (Lipinski definition) is 4. The highest BCUT2D eigenvalue weighted by Gasteiger charge is 2.36. The predicted molar refractivity (Wildman–Crippen MR) is 112 cm³/mol. The molecular formula is C22H33ClN2O3. The number of amides is 1. The van der Waals surface area contributed by atoms with E-state index in [1.807, 2.05) is 39.8 Å². The van der Waals surface area contributed by atoms with Crippen LogP contribution in [0.15, 0.2) is 18.2 Å². The van der Waals surface area contributed by atoms with Gasteiger partial charge in [-0.25, -0.2) is 4.79 Å².